The summed E-state index contributed by atoms with van der Waals surface area (Å²) in [6, 6.07) is 0. The number of nitriles is 18. The molecule has 0 aromatic heterocycles. The minimum Gasteiger partial charge on any atom is 3.00 e. The molecular formula is C18Cr2Mn3N18. The Morgan fingerprint density at radius 3 is 0.220 bits per heavy atom. The number of hydrogen-bond donors (Lipinski definition) is 0. The van der Waals surface area contributed by atoms with E-state index in [1.54, 1.807) is 0 Å². The molecule has 0 aliphatic heterocycles. The molecular weight excluding hydrogens is 737 g/mol. The van der Waals surface area contributed by atoms with Gasteiger partial charge in [0.05, 0.1) is 0 Å². The van der Waals surface area contributed by atoms with Crippen LogP contribution in [0, 0.1) is 184 Å². The Labute approximate surface area is 249 Å². The van der Waals surface area contributed by atoms with E-state index >= 15 is 0 Å². The van der Waals surface area contributed by atoms with Gasteiger partial charge in [-0.1, -0.05) is 0 Å². The van der Waals surface area contributed by atoms with Gasteiger partial charge in [0.25, 0.3) is 0 Å². The summed E-state index contributed by atoms with van der Waals surface area (Å²) in [5, 5.41) is 155. The minimum absolute atomic E-state index is 0. The van der Waals surface area contributed by atoms with Crippen molar-refractivity contribution in [2.24, 2.45) is 0 Å². The van der Waals surface area contributed by atoms with E-state index in [4.69, 9.17) is 94.7 Å². The van der Waals surface area contributed by atoms with Crippen LogP contribution in [0.3, 0.4) is 0 Å². The maximum atomic E-state index is 8.58. The molecule has 0 unspecified atom stereocenters. The normalized spacial score (nSPS) is 12.7. The van der Waals surface area contributed by atoms with E-state index < -0.39 is 32.2 Å². The summed E-state index contributed by atoms with van der Waals surface area (Å²) < 4.78 is 0. The predicted octanol–water partition coefficient (Wildman–Crippen LogP) is 0.290. The van der Waals surface area contributed by atoms with Crippen LogP contribution >= 0.6 is 0 Å². The average molecular weight is 737 g/mol. The third-order valence-corrected chi connectivity index (χ3v) is 15.7. The van der Waals surface area contributed by atoms with E-state index in [-0.39, 0.29) is 34.7 Å². The fourth-order valence-corrected chi connectivity index (χ4v) is 3.51. The molecule has 2 radical (unpaired) electrons. The van der Waals surface area contributed by atoms with Crippen molar-refractivity contribution in [3.05, 3.63) is 0 Å². The molecule has 0 saturated heterocycles. The molecule has 0 fully saturated rings. The van der Waals surface area contributed by atoms with Crippen LogP contribution in [0.2, 0.25) is 0 Å². The molecule has 0 amide bonds. The minimum atomic E-state index is -6.30. The standard InChI is InChI=1S/18CN.2Cr.3Mn/c18*1-2;;;;;/q;;;;;;;;;;;;;;;;;;2*+3;3*-2. The van der Waals surface area contributed by atoms with E-state index in [9.17, 15) is 0 Å². The van der Waals surface area contributed by atoms with Crippen molar-refractivity contribution in [3.63, 3.8) is 0 Å². The van der Waals surface area contributed by atoms with E-state index in [2.05, 4.69) is 0 Å². The summed E-state index contributed by atoms with van der Waals surface area (Å²) in [6.07, 6.45) is 0. The van der Waals surface area contributed by atoms with Crippen molar-refractivity contribution in [2.45, 2.75) is 0 Å². The molecule has 0 aliphatic carbocycles. The van der Waals surface area contributed by atoms with Crippen LogP contribution in [-0.2, 0) is 66.9 Å². The molecule has 0 aromatic rings. The second-order valence-electron chi connectivity index (χ2n) is 5.77. The SMILES string of the molecule is N#[C][Mn-2]([C]#N)([C]#N)([C]#N)([C]#N)[C]#N.N#[C][Mn-2]([C]#N)([C]#N)([C]#N)([C]#N)[C]#N.N#[C][Mn-2]([C]#N)([C]#N)([C]#N)([C]#N)[C]#N.[Cr+3].[Cr+3]. The fraction of sp³-hybridized carbons (Fsp3) is 0. The Balaban J connectivity index is -0.000000154. The zero-order chi connectivity index (χ0) is 32.0. The quantitative estimate of drug-likeness (QED) is 0.301. The van der Waals surface area contributed by atoms with Crippen molar-refractivity contribution in [2.75, 3.05) is 0 Å². The zero-order valence-electron chi connectivity index (χ0n) is 19.0. The molecule has 23 heteroatoms. The second kappa shape index (κ2) is 11.0. The summed E-state index contributed by atoms with van der Waals surface area (Å²) in [4.78, 5) is 18.7. The topological polar surface area (TPSA) is 428 Å². The molecule has 0 aliphatic rings. The first-order valence-electron chi connectivity index (χ1n) is 7.43. The summed E-state index contributed by atoms with van der Waals surface area (Å²) in [5.74, 6) is 0. The van der Waals surface area contributed by atoms with Crippen molar-refractivity contribution < 1.29 is 66.9 Å². The van der Waals surface area contributed by atoms with E-state index in [0.717, 1.165) is 89.4 Å². The molecule has 0 spiro atoms. The number of hydrogen-bond acceptors (Lipinski definition) is 18. The third-order valence-electron chi connectivity index (χ3n) is 3.80. The third kappa shape index (κ3) is 4.75. The number of rotatable bonds is 0. The molecule has 41 heavy (non-hydrogen) atoms. The Hall–Kier alpha value is -6.56. The molecule has 0 atom stereocenters. The van der Waals surface area contributed by atoms with E-state index in [1.165, 1.54) is 0 Å². The Morgan fingerprint density at radius 2 is 0.220 bits per heavy atom. The van der Waals surface area contributed by atoms with E-state index in [1.807, 2.05) is 0 Å². The Kier molecular flexibility index (Phi) is 12.0. The summed E-state index contributed by atoms with van der Waals surface area (Å²) in [6.45, 7) is 0. The van der Waals surface area contributed by atoms with Crippen LogP contribution in [0.25, 0.3) is 0 Å². The van der Waals surface area contributed by atoms with Crippen molar-refractivity contribution in [3.8, 4) is 89.4 Å². The van der Waals surface area contributed by atoms with Gasteiger partial charge in [-0.05, 0) is 0 Å². The van der Waals surface area contributed by atoms with Gasteiger partial charge in [-0.3, -0.25) is 0 Å². The first-order valence-corrected chi connectivity index (χ1v) is 18.1. The predicted molar refractivity (Wildman–Crippen MR) is 101 cm³/mol. The Bertz CT molecular complexity index is 1410. The molecule has 0 N–H and O–H groups in total. The van der Waals surface area contributed by atoms with Crippen molar-refractivity contribution in [1.82, 2.24) is 0 Å². The molecule has 0 aromatic carbocycles. The van der Waals surface area contributed by atoms with Crippen LogP contribution in [0.1, 0.15) is 0 Å². The fourth-order valence-electron chi connectivity index (χ4n) is 0.850. The molecule has 0 heterocycles. The van der Waals surface area contributed by atoms with Crippen LogP contribution in [0.4, 0.5) is 0 Å². The van der Waals surface area contributed by atoms with Gasteiger partial charge in [0.1, 0.15) is 0 Å². The van der Waals surface area contributed by atoms with Crippen LogP contribution in [-0.4, -0.2) is 0 Å². The first-order chi connectivity index (χ1) is 17.9. The smallest absolute Gasteiger partial charge is 3.00 e. The van der Waals surface area contributed by atoms with Gasteiger partial charge in [0.2, 0.25) is 0 Å². The average Bonchev–Trinajstić information content (AvgIpc) is 3.06. The van der Waals surface area contributed by atoms with Gasteiger partial charge in [-0.2, -0.15) is 0 Å². The molecule has 18 nitrogen and oxygen atoms in total. The summed E-state index contributed by atoms with van der Waals surface area (Å²) >= 11 is 0. The van der Waals surface area contributed by atoms with Crippen LogP contribution < -0.4 is 0 Å². The van der Waals surface area contributed by atoms with Gasteiger partial charge in [0.15, 0.2) is 0 Å². The largest absolute Gasteiger partial charge is 3.00 e. The van der Waals surface area contributed by atoms with E-state index in [0.29, 0.717) is 0 Å². The van der Waals surface area contributed by atoms with Crippen LogP contribution in [0.5, 0.6) is 0 Å². The summed E-state index contributed by atoms with van der Waals surface area (Å²) in [7, 11) is -18.9. The van der Waals surface area contributed by atoms with Gasteiger partial charge >= 0.3 is 251 Å². The van der Waals surface area contributed by atoms with Crippen LogP contribution in [0.15, 0.2) is 0 Å². The monoisotopic (exact) mass is 737 g/mol. The van der Waals surface area contributed by atoms with Gasteiger partial charge in [-0.15, -0.1) is 0 Å². The molecule has 0 saturated carbocycles. The maximum absolute atomic E-state index is 8.58. The maximum Gasteiger partial charge on any atom is 3.00 e. The molecule has 0 bridgehead atoms. The van der Waals surface area contributed by atoms with Gasteiger partial charge < -0.3 is 0 Å². The Morgan fingerprint density at radius 1 is 0.171 bits per heavy atom. The van der Waals surface area contributed by atoms with Crippen molar-refractivity contribution in [1.29, 1.82) is 94.7 Å². The molecule has 195 valence electrons. The zero-order valence-corrected chi connectivity index (χ0v) is 25.1. The van der Waals surface area contributed by atoms with Gasteiger partial charge in [-0.25, -0.2) is 0 Å². The van der Waals surface area contributed by atoms with Crippen molar-refractivity contribution >= 4 is 0 Å². The molecule has 0 rings (SSSR count). The second-order valence-corrected chi connectivity index (χ2v) is 23.8. The van der Waals surface area contributed by atoms with Gasteiger partial charge in [0, 0.05) is 0 Å². The first kappa shape index (κ1) is 44.4. The summed E-state index contributed by atoms with van der Waals surface area (Å²) in [5.41, 5.74) is 0. The number of nitrogens with zero attached hydrogens (tertiary/aromatic N) is 18.